The van der Waals surface area contributed by atoms with Gasteiger partial charge in [-0.2, -0.15) is 5.10 Å². The average molecular weight is 390 g/mol. The molecule has 6 heteroatoms. The smallest absolute Gasteiger partial charge is 0.220 e. The largest absolute Gasteiger partial charge is 0.349 e. The van der Waals surface area contributed by atoms with E-state index in [0.717, 1.165) is 55.1 Å². The van der Waals surface area contributed by atoms with Crippen LogP contribution >= 0.6 is 0 Å². The van der Waals surface area contributed by atoms with Crippen molar-refractivity contribution in [1.82, 2.24) is 24.8 Å². The van der Waals surface area contributed by atoms with Gasteiger partial charge in [-0.1, -0.05) is 30.3 Å². The predicted molar refractivity (Wildman–Crippen MR) is 112 cm³/mol. The number of nitrogens with one attached hydrogen (secondary N) is 1. The number of likely N-dealkylation sites (tertiary alicyclic amines) is 1. The summed E-state index contributed by atoms with van der Waals surface area (Å²) in [5.74, 6) is 0.481. The number of piperidine rings is 1. The van der Waals surface area contributed by atoms with Gasteiger partial charge in [0.05, 0.1) is 11.7 Å². The number of rotatable bonds is 3. The number of fused-ring (bicyclic) bond motifs is 1. The second-order valence-electron chi connectivity index (χ2n) is 8.63. The molecular weight excluding hydrogens is 362 g/mol. The minimum absolute atomic E-state index is 0.182. The number of hydrogen-bond acceptors (Lipinski definition) is 4. The second kappa shape index (κ2) is 6.95. The van der Waals surface area contributed by atoms with Crippen molar-refractivity contribution in [1.29, 1.82) is 0 Å². The molecule has 2 atom stereocenters. The van der Waals surface area contributed by atoms with Gasteiger partial charge in [0.25, 0.3) is 0 Å². The molecule has 0 radical (unpaired) electrons. The highest BCUT2D eigenvalue weighted by atomic mass is 16.1. The molecule has 2 aliphatic rings. The molecule has 3 aromatic rings. The Labute approximate surface area is 170 Å². The van der Waals surface area contributed by atoms with Gasteiger partial charge < -0.3 is 5.32 Å². The summed E-state index contributed by atoms with van der Waals surface area (Å²) in [4.78, 5) is 19.5. The SMILES string of the molecule is Cc1cc(C)n2ncc(CN3C[C@@H](c4ccccc4)[C@@]4(CCCC(=O)N4)C3)c2n1. The van der Waals surface area contributed by atoms with Crippen LogP contribution in [-0.2, 0) is 11.3 Å². The van der Waals surface area contributed by atoms with Crippen LogP contribution in [0.2, 0.25) is 0 Å². The van der Waals surface area contributed by atoms with Crippen LogP contribution in [0, 0.1) is 13.8 Å². The van der Waals surface area contributed by atoms with E-state index in [1.807, 2.05) is 17.6 Å². The zero-order chi connectivity index (χ0) is 20.0. The van der Waals surface area contributed by atoms with E-state index in [1.165, 1.54) is 5.56 Å². The number of aryl methyl sites for hydroxylation is 2. The Morgan fingerprint density at radius 3 is 2.86 bits per heavy atom. The molecule has 29 heavy (non-hydrogen) atoms. The summed E-state index contributed by atoms with van der Waals surface area (Å²) in [6, 6.07) is 12.7. The van der Waals surface area contributed by atoms with Gasteiger partial charge in [0, 0.05) is 48.9 Å². The predicted octanol–water partition coefficient (Wildman–Crippen LogP) is 2.98. The third-order valence-electron chi connectivity index (χ3n) is 6.48. The number of carbonyl (C=O) groups is 1. The van der Waals surface area contributed by atoms with Gasteiger partial charge in [-0.15, -0.1) is 0 Å². The zero-order valence-electron chi connectivity index (χ0n) is 17.1. The Morgan fingerprint density at radius 2 is 2.07 bits per heavy atom. The maximum Gasteiger partial charge on any atom is 0.220 e. The maximum atomic E-state index is 12.3. The first kappa shape index (κ1) is 18.3. The van der Waals surface area contributed by atoms with Crippen LogP contribution in [-0.4, -0.2) is 44.0 Å². The highest BCUT2D eigenvalue weighted by Gasteiger charge is 2.49. The van der Waals surface area contributed by atoms with E-state index >= 15 is 0 Å². The molecule has 1 aromatic carbocycles. The topological polar surface area (TPSA) is 62.5 Å². The lowest BCUT2D eigenvalue weighted by Gasteiger charge is -2.39. The third-order valence-corrected chi connectivity index (χ3v) is 6.48. The Bertz CT molecular complexity index is 1060. The quantitative estimate of drug-likeness (QED) is 0.748. The molecule has 0 unspecified atom stereocenters. The summed E-state index contributed by atoms with van der Waals surface area (Å²) in [7, 11) is 0. The fraction of sp³-hybridized carbons (Fsp3) is 0.435. The molecule has 0 bridgehead atoms. The van der Waals surface area contributed by atoms with Crippen LogP contribution in [0.1, 0.15) is 47.7 Å². The second-order valence-corrected chi connectivity index (χ2v) is 8.63. The van der Waals surface area contributed by atoms with E-state index in [-0.39, 0.29) is 11.4 Å². The molecule has 2 aliphatic heterocycles. The Balaban J connectivity index is 1.47. The highest BCUT2D eigenvalue weighted by molar-refractivity contribution is 5.78. The minimum atomic E-state index is -0.182. The van der Waals surface area contributed by atoms with Crippen molar-refractivity contribution in [3.8, 4) is 0 Å². The van der Waals surface area contributed by atoms with Crippen LogP contribution in [0.25, 0.3) is 5.65 Å². The molecule has 1 spiro atoms. The molecule has 1 N–H and O–H groups in total. The van der Waals surface area contributed by atoms with Crippen LogP contribution in [0.15, 0.2) is 42.6 Å². The van der Waals surface area contributed by atoms with Crippen molar-refractivity contribution < 1.29 is 4.79 Å². The molecular formula is C23H27N5O. The van der Waals surface area contributed by atoms with Crippen LogP contribution < -0.4 is 5.32 Å². The van der Waals surface area contributed by atoms with Crippen molar-refractivity contribution in [2.45, 2.75) is 51.1 Å². The highest BCUT2D eigenvalue weighted by Crippen LogP contribution is 2.41. The molecule has 2 aromatic heterocycles. The van der Waals surface area contributed by atoms with Gasteiger partial charge in [0.1, 0.15) is 0 Å². The van der Waals surface area contributed by atoms with Gasteiger partial charge >= 0.3 is 0 Å². The summed E-state index contributed by atoms with van der Waals surface area (Å²) >= 11 is 0. The molecule has 2 saturated heterocycles. The average Bonchev–Trinajstić information content (AvgIpc) is 3.24. The number of aromatic nitrogens is 3. The van der Waals surface area contributed by atoms with Gasteiger partial charge in [-0.25, -0.2) is 9.50 Å². The number of amides is 1. The summed E-state index contributed by atoms with van der Waals surface area (Å²) in [5, 5.41) is 7.94. The summed E-state index contributed by atoms with van der Waals surface area (Å²) in [6.07, 6.45) is 4.57. The molecule has 1 amide bonds. The number of carbonyl (C=O) groups excluding carboxylic acids is 1. The third kappa shape index (κ3) is 3.21. The van der Waals surface area contributed by atoms with Crippen molar-refractivity contribution >= 4 is 11.6 Å². The standard InChI is InChI=1S/C23H27N5O/c1-16-11-17(2)28-22(25-16)19(12-24-28)13-27-14-20(18-7-4-3-5-8-18)23(15-27)10-6-9-21(29)26-23/h3-5,7-8,11-12,20H,6,9-10,13-15H2,1-2H3,(H,26,29)/t20-,23+/m0/s1. The lowest BCUT2D eigenvalue weighted by molar-refractivity contribution is -0.125. The molecule has 150 valence electrons. The summed E-state index contributed by atoms with van der Waals surface area (Å²) in [5.41, 5.74) is 5.31. The van der Waals surface area contributed by atoms with Gasteiger partial charge in [0.2, 0.25) is 5.91 Å². The van der Waals surface area contributed by atoms with Crippen LogP contribution in [0.5, 0.6) is 0 Å². The first-order chi connectivity index (χ1) is 14.0. The Morgan fingerprint density at radius 1 is 1.24 bits per heavy atom. The first-order valence-electron chi connectivity index (χ1n) is 10.4. The van der Waals surface area contributed by atoms with Gasteiger partial charge in [0.15, 0.2) is 5.65 Å². The van der Waals surface area contributed by atoms with E-state index < -0.39 is 0 Å². The van der Waals surface area contributed by atoms with Gasteiger partial charge in [-0.3, -0.25) is 9.69 Å². The summed E-state index contributed by atoms with van der Waals surface area (Å²) < 4.78 is 1.92. The number of benzene rings is 1. The fourth-order valence-electron chi connectivity index (χ4n) is 5.25. The van der Waals surface area contributed by atoms with E-state index in [4.69, 9.17) is 4.98 Å². The van der Waals surface area contributed by atoms with Crippen molar-refractivity contribution in [2.75, 3.05) is 13.1 Å². The molecule has 6 nitrogen and oxygen atoms in total. The monoisotopic (exact) mass is 389 g/mol. The normalized spacial score (nSPS) is 25.0. The number of hydrogen-bond donors (Lipinski definition) is 1. The molecule has 2 fully saturated rings. The van der Waals surface area contributed by atoms with Crippen molar-refractivity contribution in [2.24, 2.45) is 0 Å². The molecule has 5 rings (SSSR count). The Hall–Kier alpha value is -2.73. The van der Waals surface area contributed by atoms with Gasteiger partial charge in [-0.05, 0) is 38.3 Å². The lowest BCUT2D eigenvalue weighted by atomic mass is 9.76. The fourth-order valence-corrected chi connectivity index (χ4v) is 5.25. The lowest BCUT2D eigenvalue weighted by Crippen LogP contribution is -2.56. The van der Waals surface area contributed by atoms with E-state index in [9.17, 15) is 4.79 Å². The molecule has 0 aliphatic carbocycles. The maximum absolute atomic E-state index is 12.3. The van der Waals surface area contributed by atoms with Crippen molar-refractivity contribution in [3.63, 3.8) is 0 Å². The zero-order valence-corrected chi connectivity index (χ0v) is 17.1. The molecule has 0 saturated carbocycles. The summed E-state index contributed by atoms with van der Waals surface area (Å²) in [6.45, 7) is 6.66. The van der Waals surface area contributed by atoms with Crippen LogP contribution in [0.3, 0.4) is 0 Å². The first-order valence-corrected chi connectivity index (χ1v) is 10.4. The van der Waals surface area contributed by atoms with E-state index in [0.29, 0.717) is 12.3 Å². The van der Waals surface area contributed by atoms with E-state index in [2.05, 4.69) is 58.6 Å². The Kier molecular flexibility index (Phi) is 4.39. The molecule has 4 heterocycles. The van der Waals surface area contributed by atoms with Crippen LogP contribution in [0.4, 0.5) is 0 Å². The number of nitrogens with zero attached hydrogens (tertiary/aromatic N) is 4. The van der Waals surface area contributed by atoms with E-state index in [1.54, 1.807) is 0 Å². The van der Waals surface area contributed by atoms with Crippen molar-refractivity contribution in [3.05, 3.63) is 65.1 Å². The minimum Gasteiger partial charge on any atom is -0.349 e.